The summed E-state index contributed by atoms with van der Waals surface area (Å²) in [5.74, 6) is -0.474. The number of methoxy groups -OCH3 is 1. The molecule has 0 saturated heterocycles. The summed E-state index contributed by atoms with van der Waals surface area (Å²) < 4.78 is 10.7. The van der Waals surface area contributed by atoms with Crippen LogP contribution >= 0.6 is 0 Å². The van der Waals surface area contributed by atoms with Gasteiger partial charge in [0, 0.05) is 6.54 Å². The molecule has 0 aromatic heterocycles. The van der Waals surface area contributed by atoms with Gasteiger partial charge in [0.2, 0.25) is 0 Å². The fourth-order valence-electron chi connectivity index (χ4n) is 2.29. The van der Waals surface area contributed by atoms with Gasteiger partial charge in [-0.25, -0.2) is 5.43 Å². The van der Waals surface area contributed by atoms with E-state index in [9.17, 15) is 9.59 Å². The van der Waals surface area contributed by atoms with E-state index >= 15 is 0 Å². The molecule has 2 rings (SSSR count). The zero-order valence-corrected chi connectivity index (χ0v) is 15.7. The molecule has 0 aliphatic heterocycles. The molecule has 2 aromatic rings. The average molecular weight is 381 g/mol. The van der Waals surface area contributed by atoms with Crippen LogP contribution in [-0.4, -0.2) is 38.3 Å². The number of benzene rings is 2. The third-order valence-electron chi connectivity index (χ3n) is 3.67. The summed E-state index contributed by atoms with van der Waals surface area (Å²) in [6, 6.07) is 14.9. The largest absolute Gasteiger partial charge is 0.493 e. The van der Waals surface area contributed by atoms with E-state index in [0.29, 0.717) is 36.6 Å². The van der Waals surface area contributed by atoms with Crippen LogP contribution in [0.5, 0.6) is 11.5 Å². The zero-order chi connectivity index (χ0) is 20.2. The summed E-state index contributed by atoms with van der Waals surface area (Å²) in [6.07, 6.45) is 3.69. The molecule has 0 unspecified atom stereocenters. The zero-order valence-electron chi connectivity index (χ0n) is 15.7. The van der Waals surface area contributed by atoms with E-state index in [4.69, 9.17) is 9.47 Å². The quantitative estimate of drug-likeness (QED) is 0.301. The SMILES string of the molecule is C=CCOc1ccc(/C=N/NC(=O)C(=O)NCCc2ccccc2)cc1OC. The van der Waals surface area contributed by atoms with E-state index in [-0.39, 0.29) is 0 Å². The highest BCUT2D eigenvalue weighted by Gasteiger charge is 2.11. The number of carbonyl (C=O) groups is 2. The fourth-order valence-corrected chi connectivity index (χ4v) is 2.29. The van der Waals surface area contributed by atoms with E-state index in [0.717, 1.165) is 5.56 Å². The Morgan fingerprint density at radius 1 is 1.11 bits per heavy atom. The van der Waals surface area contributed by atoms with Crippen LogP contribution < -0.4 is 20.2 Å². The summed E-state index contributed by atoms with van der Waals surface area (Å²) in [4.78, 5) is 23.6. The first-order chi connectivity index (χ1) is 13.6. The molecule has 2 N–H and O–H groups in total. The van der Waals surface area contributed by atoms with Gasteiger partial charge in [0.1, 0.15) is 6.61 Å². The van der Waals surface area contributed by atoms with Gasteiger partial charge in [0.05, 0.1) is 13.3 Å². The highest BCUT2D eigenvalue weighted by Crippen LogP contribution is 2.27. The van der Waals surface area contributed by atoms with Crippen LogP contribution in [-0.2, 0) is 16.0 Å². The summed E-state index contributed by atoms with van der Waals surface area (Å²) >= 11 is 0. The predicted octanol–water partition coefficient (Wildman–Crippen LogP) is 2.07. The van der Waals surface area contributed by atoms with E-state index in [1.54, 1.807) is 24.3 Å². The van der Waals surface area contributed by atoms with Crippen molar-refractivity contribution in [2.24, 2.45) is 5.10 Å². The normalized spacial score (nSPS) is 10.3. The molecular formula is C21H23N3O4. The first-order valence-electron chi connectivity index (χ1n) is 8.71. The van der Waals surface area contributed by atoms with Crippen molar-refractivity contribution in [1.29, 1.82) is 0 Å². The minimum atomic E-state index is -0.831. The van der Waals surface area contributed by atoms with Crippen molar-refractivity contribution in [3.63, 3.8) is 0 Å². The number of hydrogen-bond donors (Lipinski definition) is 2. The van der Waals surface area contributed by atoms with E-state index in [1.165, 1.54) is 13.3 Å². The third kappa shape index (κ3) is 6.60. The molecule has 7 nitrogen and oxygen atoms in total. The molecule has 0 heterocycles. The van der Waals surface area contributed by atoms with Gasteiger partial charge in [-0.3, -0.25) is 9.59 Å². The number of amides is 2. The van der Waals surface area contributed by atoms with E-state index in [1.807, 2.05) is 30.3 Å². The molecule has 0 atom stereocenters. The molecular weight excluding hydrogens is 358 g/mol. The van der Waals surface area contributed by atoms with Crippen molar-refractivity contribution < 1.29 is 19.1 Å². The molecule has 2 aromatic carbocycles. The molecule has 0 spiro atoms. The molecule has 0 aliphatic rings. The van der Waals surface area contributed by atoms with Crippen molar-refractivity contribution in [3.05, 3.63) is 72.3 Å². The second-order valence-electron chi connectivity index (χ2n) is 5.70. The Balaban J connectivity index is 1.81. The maximum Gasteiger partial charge on any atom is 0.329 e. The van der Waals surface area contributed by atoms with Crippen molar-refractivity contribution >= 4 is 18.0 Å². The van der Waals surface area contributed by atoms with Gasteiger partial charge < -0.3 is 14.8 Å². The van der Waals surface area contributed by atoms with Crippen LogP contribution in [0.1, 0.15) is 11.1 Å². The van der Waals surface area contributed by atoms with Gasteiger partial charge in [-0.15, -0.1) is 0 Å². The number of rotatable bonds is 9. The van der Waals surface area contributed by atoms with Crippen LogP contribution in [0.15, 0.2) is 66.3 Å². The number of hydrazone groups is 1. The molecule has 146 valence electrons. The Hall–Kier alpha value is -3.61. The average Bonchev–Trinajstić information content (AvgIpc) is 2.73. The topological polar surface area (TPSA) is 89.0 Å². The Morgan fingerprint density at radius 3 is 2.61 bits per heavy atom. The molecule has 0 fully saturated rings. The van der Waals surface area contributed by atoms with Gasteiger partial charge in [-0.1, -0.05) is 43.0 Å². The molecule has 7 heteroatoms. The van der Waals surface area contributed by atoms with Gasteiger partial charge >= 0.3 is 11.8 Å². The minimum Gasteiger partial charge on any atom is -0.493 e. The monoisotopic (exact) mass is 381 g/mol. The number of carbonyl (C=O) groups excluding carboxylic acids is 2. The molecule has 0 bridgehead atoms. The Labute approximate surface area is 164 Å². The lowest BCUT2D eigenvalue weighted by atomic mass is 10.1. The first-order valence-corrected chi connectivity index (χ1v) is 8.71. The maximum absolute atomic E-state index is 11.8. The lowest BCUT2D eigenvalue weighted by Gasteiger charge is -2.09. The van der Waals surface area contributed by atoms with Crippen molar-refractivity contribution in [2.45, 2.75) is 6.42 Å². The maximum atomic E-state index is 11.8. The van der Waals surface area contributed by atoms with E-state index in [2.05, 4.69) is 22.4 Å². The van der Waals surface area contributed by atoms with Crippen LogP contribution in [0.3, 0.4) is 0 Å². The van der Waals surface area contributed by atoms with Crippen molar-refractivity contribution in [3.8, 4) is 11.5 Å². The summed E-state index contributed by atoms with van der Waals surface area (Å²) in [5.41, 5.74) is 3.95. The predicted molar refractivity (Wildman–Crippen MR) is 108 cm³/mol. The first kappa shape index (κ1) is 20.7. The number of hydrogen-bond acceptors (Lipinski definition) is 5. The van der Waals surface area contributed by atoms with Crippen molar-refractivity contribution in [1.82, 2.24) is 10.7 Å². The summed E-state index contributed by atoms with van der Waals surface area (Å²) in [7, 11) is 1.53. The third-order valence-corrected chi connectivity index (χ3v) is 3.67. The van der Waals surface area contributed by atoms with Gasteiger partial charge in [0.25, 0.3) is 0 Å². The number of nitrogens with zero attached hydrogens (tertiary/aromatic N) is 1. The van der Waals surface area contributed by atoms with Crippen LogP contribution in [0.4, 0.5) is 0 Å². The highest BCUT2D eigenvalue weighted by molar-refractivity contribution is 6.35. The minimum absolute atomic E-state index is 0.360. The van der Waals surface area contributed by atoms with Gasteiger partial charge in [0.15, 0.2) is 11.5 Å². The Kier molecular flexibility index (Phi) is 8.26. The molecule has 28 heavy (non-hydrogen) atoms. The molecule has 0 radical (unpaired) electrons. The standard InChI is InChI=1S/C21H23N3O4/c1-3-13-28-18-10-9-17(14-19(18)27-2)15-23-24-21(26)20(25)22-12-11-16-7-5-4-6-8-16/h3-10,14-15H,1,11-13H2,2H3,(H,22,25)(H,24,26)/b23-15+. The Morgan fingerprint density at radius 2 is 1.89 bits per heavy atom. The second kappa shape index (κ2) is 11.2. The number of nitrogens with one attached hydrogen (secondary N) is 2. The van der Waals surface area contributed by atoms with Crippen LogP contribution in [0.2, 0.25) is 0 Å². The van der Waals surface area contributed by atoms with Gasteiger partial charge in [-0.2, -0.15) is 5.10 Å². The Bertz CT molecular complexity index is 835. The van der Waals surface area contributed by atoms with Crippen molar-refractivity contribution in [2.75, 3.05) is 20.3 Å². The summed E-state index contributed by atoms with van der Waals surface area (Å²) in [6.45, 7) is 4.32. The lowest BCUT2D eigenvalue weighted by molar-refractivity contribution is -0.139. The number of ether oxygens (including phenoxy) is 2. The highest BCUT2D eigenvalue weighted by atomic mass is 16.5. The molecule has 2 amide bonds. The van der Waals surface area contributed by atoms with Crippen LogP contribution in [0, 0.1) is 0 Å². The lowest BCUT2D eigenvalue weighted by Crippen LogP contribution is -2.38. The van der Waals surface area contributed by atoms with Crippen LogP contribution in [0.25, 0.3) is 0 Å². The second-order valence-corrected chi connectivity index (χ2v) is 5.70. The fraction of sp³-hybridized carbons (Fsp3) is 0.190. The van der Waals surface area contributed by atoms with Gasteiger partial charge in [-0.05, 0) is 35.7 Å². The summed E-state index contributed by atoms with van der Waals surface area (Å²) in [5, 5.41) is 6.35. The molecule has 0 saturated carbocycles. The smallest absolute Gasteiger partial charge is 0.329 e. The molecule has 0 aliphatic carbocycles. The van der Waals surface area contributed by atoms with E-state index < -0.39 is 11.8 Å².